The molecule has 1 fully saturated rings. The Morgan fingerprint density at radius 3 is 2.41 bits per heavy atom. The molecule has 0 bridgehead atoms. The highest BCUT2D eigenvalue weighted by Gasteiger charge is 2.14. The molecule has 5 heteroatoms. The monoisotopic (exact) mass is 365 g/mol. The van der Waals surface area contributed by atoms with Crippen LogP contribution >= 0.6 is 0 Å². The van der Waals surface area contributed by atoms with Gasteiger partial charge in [-0.1, -0.05) is 0 Å². The van der Waals surface area contributed by atoms with Crippen LogP contribution in [0.25, 0.3) is 22.3 Å². The Bertz CT molecular complexity index is 1020. The topological polar surface area (TPSA) is 51.9 Å². The van der Waals surface area contributed by atoms with Gasteiger partial charge in [-0.05, 0) is 55.7 Å². The minimum atomic E-state index is -0.0418. The summed E-state index contributed by atoms with van der Waals surface area (Å²) >= 11 is 0. The molecule has 0 saturated carbocycles. The Morgan fingerprint density at radius 2 is 1.67 bits per heavy atom. The van der Waals surface area contributed by atoms with Crippen LogP contribution in [0.4, 0.5) is 5.69 Å². The predicted octanol–water partition coefficient (Wildman–Crippen LogP) is 4.47. The van der Waals surface area contributed by atoms with E-state index in [0.717, 1.165) is 24.3 Å². The van der Waals surface area contributed by atoms with Crippen molar-refractivity contribution in [3.8, 4) is 22.8 Å². The SMILES string of the molecule is COc1ccc(-c2cc(=O)c3cc(N4CCCCC4)ccc3o2)cc1OC. The summed E-state index contributed by atoms with van der Waals surface area (Å²) in [6.45, 7) is 2.08. The molecule has 1 aliphatic rings. The summed E-state index contributed by atoms with van der Waals surface area (Å²) in [5, 5.41) is 0.613. The first kappa shape index (κ1) is 17.5. The maximum absolute atomic E-state index is 12.8. The molecular formula is C22H23NO4. The van der Waals surface area contributed by atoms with Gasteiger partial charge in [0.05, 0.1) is 19.6 Å². The highest BCUT2D eigenvalue weighted by atomic mass is 16.5. The van der Waals surface area contributed by atoms with Crippen LogP contribution in [-0.2, 0) is 0 Å². The molecule has 5 nitrogen and oxygen atoms in total. The van der Waals surface area contributed by atoms with E-state index in [9.17, 15) is 4.79 Å². The molecule has 140 valence electrons. The first-order valence-electron chi connectivity index (χ1n) is 9.25. The number of piperidine rings is 1. The summed E-state index contributed by atoms with van der Waals surface area (Å²) in [4.78, 5) is 15.1. The van der Waals surface area contributed by atoms with Crippen molar-refractivity contribution in [2.24, 2.45) is 0 Å². The second-order valence-corrected chi connectivity index (χ2v) is 6.77. The Hall–Kier alpha value is -2.95. The number of anilines is 1. The summed E-state index contributed by atoms with van der Waals surface area (Å²) in [7, 11) is 3.17. The largest absolute Gasteiger partial charge is 0.493 e. The second-order valence-electron chi connectivity index (χ2n) is 6.77. The van der Waals surface area contributed by atoms with Gasteiger partial charge in [-0.2, -0.15) is 0 Å². The van der Waals surface area contributed by atoms with Crippen LogP contribution in [0.5, 0.6) is 11.5 Å². The molecule has 0 amide bonds. The van der Waals surface area contributed by atoms with Crippen LogP contribution in [0.3, 0.4) is 0 Å². The number of methoxy groups -OCH3 is 2. The van der Waals surface area contributed by atoms with Gasteiger partial charge in [-0.3, -0.25) is 4.79 Å². The average Bonchev–Trinajstić information content (AvgIpc) is 2.73. The maximum Gasteiger partial charge on any atom is 0.193 e. The lowest BCUT2D eigenvalue weighted by atomic mass is 10.1. The van der Waals surface area contributed by atoms with E-state index in [1.165, 1.54) is 19.3 Å². The van der Waals surface area contributed by atoms with E-state index in [2.05, 4.69) is 4.90 Å². The van der Waals surface area contributed by atoms with Gasteiger partial charge in [-0.15, -0.1) is 0 Å². The average molecular weight is 365 g/mol. The van der Waals surface area contributed by atoms with Crippen molar-refractivity contribution in [2.45, 2.75) is 19.3 Å². The van der Waals surface area contributed by atoms with Crippen LogP contribution in [0.15, 0.2) is 51.7 Å². The molecular weight excluding hydrogens is 342 g/mol. The van der Waals surface area contributed by atoms with Crippen LogP contribution in [0.2, 0.25) is 0 Å². The number of rotatable bonds is 4. The van der Waals surface area contributed by atoms with Crippen molar-refractivity contribution >= 4 is 16.7 Å². The zero-order valence-electron chi connectivity index (χ0n) is 15.7. The van der Waals surface area contributed by atoms with Crippen molar-refractivity contribution < 1.29 is 13.9 Å². The van der Waals surface area contributed by atoms with E-state index in [1.54, 1.807) is 26.4 Å². The van der Waals surface area contributed by atoms with E-state index >= 15 is 0 Å². The standard InChI is InChI=1S/C22H23NO4/c1-25-20-8-6-15(12-22(20)26-2)21-14-18(24)17-13-16(7-9-19(17)27-21)23-10-4-3-5-11-23/h6-9,12-14H,3-5,10-11H2,1-2H3. The Balaban J connectivity index is 1.75. The summed E-state index contributed by atoms with van der Waals surface area (Å²) < 4.78 is 16.6. The highest BCUT2D eigenvalue weighted by Crippen LogP contribution is 2.33. The fourth-order valence-electron chi connectivity index (χ4n) is 3.62. The van der Waals surface area contributed by atoms with Gasteiger partial charge >= 0.3 is 0 Å². The third-order valence-corrected chi connectivity index (χ3v) is 5.10. The molecule has 2 heterocycles. The van der Waals surface area contributed by atoms with E-state index < -0.39 is 0 Å². The number of fused-ring (bicyclic) bond motifs is 1. The van der Waals surface area contributed by atoms with Crippen LogP contribution < -0.4 is 19.8 Å². The lowest BCUT2D eigenvalue weighted by Crippen LogP contribution is -2.29. The number of hydrogen-bond donors (Lipinski definition) is 0. The van der Waals surface area contributed by atoms with Crippen molar-refractivity contribution in [1.82, 2.24) is 0 Å². The quantitative estimate of drug-likeness (QED) is 0.683. The van der Waals surface area contributed by atoms with Crippen LogP contribution in [0.1, 0.15) is 19.3 Å². The lowest BCUT2D eigenvalue weighted by molar-refractivity contribution is 0.355. The summed E-state index contributed by atoms with van der Waals surface area (Å²) in [5.41, 5.74) is 2.41. The van der Waals surface area contributed by atoms with Crippen molar-refractivity contribution in [1.29, 1.82) is 0 Å². The first-order valence-corrected chi connectivity index (χ1v) is 9.25. The van der Waals surface area contributed by atoms with Crippen molar-refractivity contribution in [2.75, 3.05) is 32.2 Å². The number of benzene rings is 2. The number of nitrogens with zero attached hydrogens (tertiary/aromatic N) is 1. The maximum atomic E-state index is 12.8. The van der Waals surface area contributed by atoms with Crippen molar-refractivity contribution in [3.63, 3.8) is 0 Å². The van der Waals surface area contributed by atoms with E-state index in [-0.39, 0.29) is 5.43 Å². The van der Waals surface area contributed by atoms with Gasteiger partial charge in [0, 0.05) is 30.4 Å². The van der Waals surface area contributed by atoms with E-state index in [1.807, 2.05) is 30.3 Å². The summed E-state index contributed by atoms with van der Waals surface area (Å²) in [6, 6.07) is 12.9. The predicted molar refractivity (Wildman–Crippen MR) is 107 cm³/mol. The summed E-state index contributed by atoms with van der Waals surface area (Å²) in [5.74, 6) is 1.74. The number of hydrogen-bond acceptors (Lipinski definition) is 5. The molecule has 0 spiro atoms. The molecule has 0 unspecified atom stereocenters. The molecule has 0 radical (unpaired) electrons. The normalized spacial score (nSPS) is 14.4. The number of ether oxygens (including phenoxy) is 2. The second kappa shape index (κ2) is 7.35. The third-order valence-electron chi connectivity index (χ3n) is 5.10. The van der Waals surface area contributed by atoms with Gasteiger partial charge < -0.3 is 18.8 Å². The zero-order valence-corrected chi connectivity index (χ0v) is 15.7. The Morgan fingerprint density at radius 1 is 0.889 bits per heavy atom. The van der Waals surface area contributed by atoms with Gasteiger partial charge in [0.25, 0.3) is 0 Å². The van der Waals surface area contributed by atoms with E-state index in [0.29, 0.717) is 28.2 Å². The van der Waals surface area contributed by atoms with Crippen LogP contribution in [0, 0.1) is 0 Å². The van der Waals surface area contributed by atoms with E-state index in [4.69, 9.17) is 13.9 Å². The van der Waals surface area contributed by atoms with Gasteiger partial charge in [0.2, 0.25) is 0 Å². The molecule has 3 aromatic rings. The van der Waals surface area contributed by atoms with Gasteiger partial charge in [-0.25, -0.2) is 0 Å². The molecule has 1 aromatic heterocycles. The highest BCUT2D eigenvalue weighted by molar-refractivity contribution is 5.82. The minimum absolute atomic E-state index is 0.0418. The zero-order chi connectivity index (χ0) is 18.8. The molecule has 1 saturated heterocycles. The smallest absolute Gasteiger partial charge is 0.193 e. The molecule has 2 aromatic carbocycles. The Kier molecular flexibility index (Phi) is 4.75. The van der Waals surface area contributed by atoms with Crippen molar-refractivity contribution in [3.05, 3.63) is 52.7 Å². The molecule has 0 atom stereocenters. The minimum Gasteiger partial charge on any atom is -0.493 e. The molecule has 1 aliphatic heterocycles. The van der Waals surface area contributed by atoms with Gasteiger partial charge in [0.15, 0.2) is 16.9 Å². The Labute approximate surface area is 158 Å². The fourth-order valence-corrected chi connectivity index (χ4v) is 3.62. The van der Waals surface area contributed by atoms with Crippen LogP contribution in [-0.4, -0.2) is 27.3 Å². The summed E-state index contributed by atoms with van der Waals surface area (Å²) in [6.07, 6.45) is 3.68. The van der Waals surface area contributed by atoms with Gasteiger partial charge in [0.1, 0.15) is 11.3 Å². The molecule has 0 N–H and O–H groups in total. The fraction of sp³-hybridized carbons (Fsp3) is 0.318. The third kappa shape index (κ3) is 3.37. The molecule has 0 aliphatic carbocycles. The lowest BCUT2D eigenvalue weighted by Gasteiger charge is -2.28. The first-order chi connectivity index (χ1) is 13.2. The molecule has 4 rings (SSSR count). The molecule has 27 heavy (non-hydrogen) atoms.